The van der Waals surface area contributed by atoms with Crippen molar-refractivity contribution < 1.29 is 14.6 Å². The van der Waals surface area contributed by atoms with Gasteiger partial charge in [0.05, 0.1) is 9.85 Å². The lowest BCUT2D eigenvalue weighted by molar-refractivity contribution is -0.385. The third-order valence-electron chi connectivity index (χ3n) is 3.06. The van der Waals surface area contributed by atoms with Crippen LogP contribution in [0, 0.1) is 27.2 Å². The first kappa shape index (κ1) is 16.1. The van der Waals surface area contributed by atoms with Crippen LogP contribution in [0.2, 0.25) is 0 Å². The van der Waals surface area contributed by atoms with E-state index in [1.807, 2.05) is 0 Å². The number of nitrogens with one attached hydrogen (secondary N) is 1. The number of nitrogens with zero attached hydrogens (tertiary/aromatic N) is 4. The molecule has 0 aliphatic heterocycles. The molecule has 10 nitrogen and oxygen atoms in total. The summed E-state index contributed by atoms with van der Waals surface area (Å²) in [6.07, 6.45) is 1.22. The smallest absolute Gasteiger partial charge is 0.309 e. The summed E-state index contributed by atoms with van der Waals surface area (Å²) in [4.78, 5) is 32.3. The van der Waals surface area contributed by atoms with Gasteiger partial charge in [-0.3, -0.25) is 29.7 Å². The molecule has 2 aromatic rings. The lowest BCUT2D eigenvalue weighted by Crippen LogP contribution is -2.15. The molecule has 1 aromatic heterocycles. The van der Waals surface area contributed by atoms with Crippen molar-refractivity contribution >= 4 is 23.0 Å². The molecule has 1 amide bonds. The molecule has 0 aliphatic rings. The van der Waals surface area contributed by atoms with Crippen molar-refractivity contribution in [2.45, 2.75) is 19.9 Å². The first-order valence-corrected chi connectivity index (χ1v) is 6.60. The molecule has 0 bridgehead atoms. The molecule has 1 heterocycles. The van der Waals surface area contributed by atoms with Crippen LogP contribution in [0.1, 0.15) is 12.1 Å². The molecule has 0 aliphatic carbocycles. The van der Waals surface area contributed by atoms with Crippen LogP contribution in [0.15, 0.2) is 30.5 Å². The van der Waals surface area contributed by atoms with E-state index in [1.54, 1.807) is 6.07 Å². The number of para-hydroxylation sites is 2. The van der Waals surface area contributed by atoms with Crippen LogP contribution in [-0.4, -0.2) is 25.5 Å². The highest BCUT2D eigenvalue weighted by Gasteiger charge is 2.17. The molecule has 120 valence electrons. The van der Waals surface area contributed by atoms with E-state index in [0.717, 1.165) is 0 Å². The molecular weight excluding hydrogens is 306 g/mol. The summed E-state index contributed by atoms with van der Waals surface area (Å²) in [6, 6.07) is 5.79. The van der Waals surface area contributed by atoms with Crippen molar-refractivity contribution in [2.75, 3.05) is 5.32 Å². The molecule has 23 heavy (non-hydrogen) atoms. The first-order valence-electron chi connectivity index (χ1n) is 6.60. The summed E-state index contributed by atoms with van der Waals surface area (Å²) in [5.41, 5.74) is 0.0368. The quantitative estimate of drug-likeness (QED) is 0.639. The van der Waals surface area contributed by atoms with Crippen LogP contribution in [0.5, 0.6) is 0 Å². The summed E-state index contributed by atoms with van der Waals surface area (Å²) < 4.78 is 1.30. The topological polar surface area (TPSA) is 133 Å². The van der Waals surface area contributed by atoms with Crippen molar-refractivity contribution in [3.8, 4) is 0 Å². The lowest BCUT2D eigenvalue weighted by atomic mass is 10.2. The molecule has 10 heteroatoms. The molecule has 0 saturated heterocycles. The van der Waals surface area contributed by atoms with Gasteiger partial charge in [0.2, 0.25) is 5.91 Å². The van der Waals surface area contributed by atoms with E-state index in [2.05, 4.69) is 10.4 Å². The third-order valence-corrected chi connectivity index (χ3v) is 3.06. The van der Waals surface area contributed by atoms with Gasteiger partial charge in [-0.2, -0.15) is 5.10 Å². The van der Waals surface area contributed by atoms with E-state index < -0.39 is 15.8 Å². The van der Waals surface area contributed by atoms with Crippen LogP contribution in [-0.2, 0) is 11.3 Å². The lowest BCUT2D eigenvalue weighted by Gasteiger charge is -2.05. The number of aryl methyl sites for hydroxylation is 2. The maximum absolute atomic E-state index is 11.9. The van der Waals surface area contributed by atoms with Gasteiger partial charge in [-0.05, 0) is 13.0 Å². The van der Waals surface area contributed by atoms with E-state index in [4.69, 9.17) is 0 Å². The van der Waals surface area contributed by atoms with Crippen LogP contribution in [0.25, 0.3) is 0 Å². The summed E-state index contributed by atoms with van der Waals surface area (Å²) in [6.45, 7) is 1.63. The Bertz CT molecular complexity index is 770. The Morgan fingerprint density at radius 3 is 2.48 bits per heavy atom. The molecule has 0 atom stereocenters. The van der Waals surface area contributed by atoms with Crippen molar-refractivity contribution in [3.05, 3.63) is 56.4 Å². The summed E-state index contributed by atoms with van der Waals surface area (Å²) in [5.74, 6) is -0.449. The van der Waals surface area contributed by atoms with Crippen LogP contribution >= 0.6 is 0 Å². The molecule has 0 unspecified atom stereocenters. The Kier molecular flexibility index (Phi) is 4.64. The minimum Gasteiger partial charge on any atom is -0.320 e. The third kappa shape index (κ3) is 3.87. The second kappa shape index (κ2) is 6.64. The van der Waals surface area contributed by atoms with Gasteiger partial charge in [-0.1, -0.05) is 12.1 Å². The highest BCUT2D eigenvalue weighted by atomic mass is 16.6. The largest absolute Gasteiger partial charge is 0.320 e. The Morgan fingerprint density at radius 1 is 1.22 bits per heavy atom. The number of hydrogen-bond acceptors (Lipinski definition) is 6. The minimum atomic E-state index is -0.587. The number of carbonyl (C=O) groups excluding carboxylic acids is 1. The maximum Gasteiger partial charge on any atom is 0.309 e. The Balaban J connectivity index is 2.00. The zero-order valence-electron chi connectivity index (χ0n) is 12.1. The van der Waals surface area contributed by atoms with Gasteiger partial charge in [0.25, 0.3) is 5.69 Å². The van der Waals surface area contributed by atoms with E-state index in [-0.39, 0.29) is 35.7 Å². The molecule has 0 saturated carbocycles. The first-order chi connectivity index (χ1) is 10.9. The number of anilines is 1. The van der Waals surface area contributed by atoms with Gasteiger partial charge in [0.15, 0.2) is 0 Å². The van der Waals surface area contributed by atoms with Crippen LogP contribution in [0.4, 0.5) is 17.1 Å². The highest BCUT2D eigenvalue weighted by Crippen LogP contribution is 2.23. The average molecular weight is 319 g/mol. The fraction of sp³-hybridized carbons (Fsp3) is 0.231. The number of nitro benzene ring substituents is 1. The molecule has 0 spiro atoms. The number of rotatable bonds is 6. The number of nitro groups is 2. The summed E-state index contributed by atoms with van der Waals surface area (Å²) >= 11 is 0. The summed E-state index contributed by atoms with van der Waals surface area (Å²) in [7, 11) is 0. The fourth-order valence-electron chi connectivity index (χ4n) is 1.97. The number of amides is 1. The van der Waals surface area contributed by atoms with Crippen LogP contribution < -0.4 is 5.32 Å². The monoisotopic (exact) mass is 319 g/mol. The zero-order chi connectivity index (χ0) is 17.0. The molecule has 1 N–H and O–H groups in total. The molecule has 0 radical (unpaired) electrons. The normalized spacial score (nSPS) is 10.3. The minimum absolute atomic E-state index is 0.0235. The van der Waals surface area contributed by atoms with E-state index >= 15 is 0 Å². The van der Waals surface area contributed by atoms with Gasteiger partial charge in [0, 0.05) is 19.0 Å². The van der Waals surface area contributed by atoms with E-state index in [9.17, 15) is 25.0 Å². The predicted molar refractivity (Wildman–Crippen MR) is 80.0 cm³/mol. The molecule has 2 rings (SSSR count). The van der Waals surface area contributed by atoms with Crippen molar-refractivity contribution in [2.24, 2.45) is 0 Å². The van der Waals surface area contributed by atoms with Gasteiger partial charge in [0.1, 0.15) is 17.6 Å². The second-order valence-electron chi connectivity index (χ2n) is 4.69. The summed E-state index contributed by atoms with van der Waals surface area (Å²) in [5, 5.41) is 28.0. The van der Waals surface area contributed by atoms with Crippen LogP contribution in [0.3, 0.4) is 0 Å². The number of hydrogen-bond donors (Lipinski definition) is 1. The number of carbonyl (C=O) groups is 1. The van der Waals surface area contributed by atoms with Gasteiger partial charge in [-0.15, -0.1) is 0 Å². The van der Waals surface area contributed by atoms with E-state index in [0.29, 0.717) is 0 Å². The Labute approximate surface area is 130 Å². The molecule has 1 aromatic carbocycles. The molecule has 0 fully saturated rings. The SMILES string of the molecule is Cc1nn(CCC(=O)Nc2ccccc2[N+](=O)[O-])cc1[N+](=O)[O-]. The molecular formula is C13H13N5O5. The number of benzene rings is 1. The number of aromatic nitrogens is 2. The van der Waals surface area contributed by atoms with E-state index in [1.165, 1.54) is 36.0 Å². The maximum atomic E-state index is 11.9. The van der Waals surface area contributed by atoms with Gasteiger partial charge >= 0.3 is 5.69 Å². The van der Waals surface area contributed by atoms with Crippen molar-refractivity contribution in [3.63, 3.8) is 0 Å². The second-order valence-corrected chi connectivity index (χ2v) is 4.69. The fourth-order valence-corrected chi connectivity index (χ4v) is 1.97. The van der Waals surface area contributed by atoms with Crippen molar-refractivity contribution in [1.29, 1.82) is 0 Å². The van der Waals surface area contributed by atoms with Crippen molar-refractivity contribution in [1.82, 2.24) is 9.78 Å². The Hall–Kier alpha value is -3.30. The predicted octanol–water partition coefficient (Wildman–Crippen LogP) is 2.04. The van der Waals surface area contributed by atoms with Gasteiger partial charge in [-0.25, -0.2) is 0 Å². The highest BCUT2D eigenvalue weighted by molar-refractivity contribution is 5.92. The average Bonchev–Trinajstić information content (AvgIpc) is 2.87. The Morgan fingerprint density at radius 2 is 1.87 bits per heavy atom. The standard InChI is InChI=1S/C13H13N5O5/c1-9-12(18(22)23)8-16(15-9)7-6-13(19)14-10-4-2-3-5-11(10)17(20)21/h2-5,8H,6-7H2,1H3,(H,14,19). The zero-order valence-corrected chi connectivity index (χ0v) is 12.1. The van der Waals surface area contributed by atoms with Gasteiger partial charge < -0.3 is 5.32 Å².